The zero-order valence-electron chi connectivity index (χ0n) is 13.2. The van der Waals surface area contributed by atoms with Crippen molar-refractivity contribution in [1.82, 2.24) is 4.57 Å². The number of amides is 1. The van der Waals surface area contributed by atoms with E-state index in [9.17, 15) is 10.1 Å². The Bertz CT molecular complexity index is 968. The van der Waals surface area contributed by atoms with E-state index in [2.05, 4.69) is 6.07 Å². The van der Waals surface area contributed by atoms with E-state index in [1.807, 2.05) is 65.4 Å². The van der Waals surface area contributed by atoms with Crippen molar-refractivity contribution in [3.63, 3.8) is 0 Å². The summed E-state index contributed by atoms with van der Waals surface area (Å²) in [5, 5.41) is 9.95. The average molecular weight is 313 g/mol. The first-order chi connectivity index (χ1) is 11.7. The number of carbonyl (C=O) groups excluding carboxylic acids is 1. The molecule has 1 aliphatic heterocycles. The number of anilines is 1. The van der Waals surface area contributed by atoms with Crippen LogP contribution >= 0.6 is 0 Å². The third-order valence-electron chi connectivity index (χ3n) is 4.52. The fourth-order valence-electron chi connectivity index (χ4n) is 3.33. The van der Waals surface area contributed by atoms with E-state index in [1.165, 1.54) is 0 Å². The minimum Gasteiger partial charge on any atom is -0.315 e. The summed E-state index contributed by atoms with van der Waals surface area (Å²) in [5.74, 6) is -0.181. The predicted octanol–water partition coefficient (Wildman–Crippen LogP) is 3.88. The summed E-state index contributed by atoms with van der Waals surface area (Å²) in [6, 6.07) is 22.9. The molecule has 4 heteroatoms. The van der Waals surface area contributed by atoms with Gasteiger partial charge in [0.05, 0.1) is 23.1 Å². The smallest absolute Gasteiger partial charge is 0.260 e. The number of aromatic nitrogens is 1. The second-order valence-corrected chi connectivity index (χ2v) is 5.94. The van der Waals surface area contributed by atoms with Crippen LogP contribution in [0.25, 0.3) is 5.69 Å². The number of benzene rings is 2. The third kappa shape index (κ3) is 1.82. The fourth-order valence-corrected chi connectivity index (χ4v) is 3.33. The minimum atomic E-state index is -1.08. The number of nitrogens with zero attached hydrogens (tertiary/aromatic N) is 3. The summed E-state index contributed by atoms with van der Waals surface area (Å²) in [6.45, 7) is 1.79. The zero-order valence-corrected chi connectivity index (χ0v) is 13.2. The number of fused-ring (bicyclic) bond motifs is 3. The first-order valence-corrected chi connectivity index (χ1v) is 7.75. The van der Waals surface area contributed by atoms with Crippen LogP contribution < -0.4 is 4.90 Å². The highest BCUT2D eigenvalue weighted by atomic mass is 16.2. The van der Waals surface area contributed by atoms with Crippen LogP contribution in [0.5, 0.6) is 0 Å². The summed E-state index contributed by atoms with van der Waals surface area (Å²) >= 11 is 0. The zero-order chi connectivity index (χ0) is 16.7. The molecule has 0 fully saturated rings. The van der Waals surface area contributed by atoms with Crippen LogP contribution in [0.15, 0.2) is 72.9 Å². The van der Waals surface area contributed by atoms with E-state index >= 15 is 0 Å². The van der Waals surface area contributed by atoms with Gasteiger partial charge in [0.2, 0.25) is 0 Å². The van der Waals surface area contributed by atoms with Crippen LogP contribution in [0.3, 0.4) is 0 Å². The molecule has 24 heavy (non-hydrogen) atoms. The summed E-state index contributed by atoms with van der Waals surface area (Å²) in [7, 11) is 0. The second-order valence-electron chi connectivity index (χ2n) is 5.94. The number of rotatable bonds is 1. The SMILES string of the molecule is CC1(C#N)c2cccn2-c2ccccc2N1C(=O)c1ccccc1. The number of para-hydroxylation sites is 2. The van der Waals surface area contributed by atoms with E-state index in [0.29, 0.717) is 5.56 Å². The Balaban J connectivity index is 1.99. The molecule has 116 valence electrons. The van der Waals surface area contributed by atoms with Gasteiger partial charge in [0.15, 0.2) is 5.54 Å². The molecule has 4 rings (SSSR count). The highest BCUT2D eigenvalue weighted by molar-refractivity contribution is 6.09. The highest BCUT2D eigenvalue weighted by Gasteiger charge is 2.45. The molecule has 1 aromatic heterocycles. The maximum atomic E-state index is 13.2. The van der Waals surface area contributed by atoms with Crippen molar-refractivity contribution in [2.45, 2.75) is 12.5 Å². The van der Waals surface area contributed by atoms with Gasteiger partial charge in [-0.25, -0.2) is 0 Å². The lowest BCUT2D eigenvalue weighted by Gasteiger charge is -2.41. The molecule has 1 amide bonds. The van der Waals surface area contributed by atoms with Crippen molar-refractivity contribution >= 4 is 11.6 Å². The Kier molecular flexibility index (Phi) is 3.04. The molecule has 0 saturated heterocycles. The lowest BCUT2D eigenvalue weighted by molar-refractivity contribution is 0.0965. The van der Waals surface area contributed by atoms with Crippen LogP contribution in [0, 0.1) is 11.3 Å². The summed E-state index contributed by atoms with van der Waals surface area (Å²) in [4.78, 5) is 14.8. The van der Waals surface area contributed by atoms with Crippen LogP contribution in [0.1, 0.15) is 23.0 Å². The molecule has 3 aromatic rings. The van der Waals surface area contributed by atoms with E-state index in [4.69, 9.17) is 0 Å². The maximum absolute atomic E-state index is 13.2. The lowest BCUT2D eigenvalue weighted by atomic mass is 9.92. The Hall–Kier alpha value is -3.32. The number of hydrogen-bond acceptors (Lipinski definition) is 2. The van der Waals surface area contributed by atoms with E-state index in [1.54, 1.807) is 24.0 Å². The maximum Gasteiger partial charge on any atom is 0.260 e. The number of nitriles is 1. The van der Waals surface area contributed by atoms with Gasteiger partial charge in [-0.3, -0.25) is 9.69 Å². The van der Waals surface area contributed by atoms with Crippen LogP contribution in [-0.4, -0.2) is 10.5 Å². The molecule has 0 spiro atoms. The molecule has 0 N–H and O–H groups in total. The van der Waals surface area contributed by atoms with Gasteiger partial charge in [-0.05, 0) is 43.3 Å². The molecular weight excluding hydrogens is 298 g/mol. The second kappa shape index (κ2) is 5.10. The topological polar surface area (TPSA) is 49.0 Å². The van der Waals surface area contributed by atoms with Gasteiger partial charge in [0.25, 0.3) is 5.91 Å². The van der Waals surface area contributed by atoms with Gasteiger partial charge >= 0.3 is 0 Å². The summed E-state index contributed by atoms with van der Waals surface area (Å²) in [6.07, 6.45) is 1.92. The van der Waals surface area contributed by atoms with Gasteiger partial charge in [-0.15, -0.1) is 0 Å². The largest absolute Gasteiger partial charge is 0.315 e. The predicted molar refractivity (Wildman–Crippen MR) is 92.0 cm³/mol. The minimum absolute atomic E-state index is 0.181. The molecule has 0 bridgehead atoms. The summed E-state index contributed by atoms with van der Waals surface area (Å²) < 4.78 is 1.98. The molecular formula is C20H15N3O. The third-order valence-corrected chi connectivity index (χ3v) is 4.52. The van der Waals surface area contributed by atoms with Crippen molar-refractivity contribution < 1.29 is 4.79 Å². The van der Waals surface area contributed by atoms with Crippen LogP contribution in [-0.2, 0) is 5.54 Å². The lowest BCUT2D eigenvalue weighted by Crippen LogP contribution is -2.50. The van der Waals surface area contributed by atoms with Crippen molar-refractivity contribution in [3.8, 4) is 11.8 Å². The van der Waals surface area contributed by atoms with Crippen molar-refractivity contribution in [1.29, 1.82) is 5.26 Å². The first kappa shape index (κ1) is 14.3. The monoisotopic (exact) mass is 313 g/mol. The first-order valence-electron chi connectivity index (χ1n) is 7.75. The van der Waals surface area contributed by atoms with Crippen molar-refractivity contribution in [2.75, 3.05) is 4.90 Å². The van der Waals surface area contributed by atoms with Crippen molar-refractivity contribution in [3.05, 3.63) is 84.2 Å². The Morgan fingerprint density at radius 2 is 1.62 bits per heavy atom. The highest BCUT2D eigenvalue weighted by Crippen LogP contribution is 2.43. The molecule has 1 aliphatic rings. The Morgan fingerprint density at radius 1 is 0.958 bits per heavy atom. The molecule has 0 saturated carbocycles. The average Bonchev–Trinajstić information content (AvgIpc) is 3.13. The van der Waals surface area contributed by atoms with Gasteiger partial charge in [0.1, 0.15) is 0 Å². The van der Waals surface area contributed by atoms with Gasteiger partial charge in [-0.2, -0.15) is 5.26 Å². The Morgan fingerprint density at radius 3 is 2.33 bits per heavy atom. The molecule has 1 atom stereocenters. The van der Waals surface area contributed by atoms with Crippen molar-refractivity contribution in [2.24, 2.45) is 0 Å². The fraction of sp³-hybridized carbons (Fsp3) is 0.100. The van der Waals surface area contributed by atoms with E-state index in [-0.39, 0.29) is 5.91 Å². The van der Waals surface area contributed by atoms with Gasteiger partial charge in [0, 0.05) is 11.8 Å². The standard InChI is InChI=1S/C20H15N3O/c1-20(14-21)18-12-7-13-22(18)16-10-5-6-11-17(16)23(20)19(24)15-8-3-2-4-9-15/h2-13H,1H3. The van der Waals surface area contributed by atoms with Crippen LogP contribution in [0.4, 0.5) is 5.69 Å². The molecule has 0 radical (unpaired) electrons. The normalized spacial score (nSPS) is 18.4. The molecule has 4 nitrogen and oxygen atoms in total. The van der Waals surface area contributed by atoms with Gasteiger partial charge < -0.3 is 4.57 Å². The quantitative estimate of drug-likeness (QED) is 0.684. The molecule has 2 heterocycles. The number of hydrogen-bond donors (Lipinski definition) is 0. The molecule has 1 unspecified atom stereocenters. The van der Waals surface area contributed by atoms with E-state index < -0.39 is 5.54 Å². The molecule has 2 aromatic carbocycles. The summed E-state index contributed by atoms with van der Waals surface area (Å²) in [5.41, 5.74) is 1.90. The van der Waals surface area contributed by atoms with Crippen LogP contribution in [0.2, 0.25) is 0 Å². The molecule has 0 aliphatic carbocycles. The number of carbonyl (C=O) groups is 1. The Labute approximate surface area is 140 Å². The van der Waals surface area contributed by atoms with E-state index in [0.717, 1.165) is 17.1 Å². The van der Waals surface area contributed by atoms with Gasteiger partial charge in [-0.1, -0.05) is 30.3 Å².